The van der Waals surface area contributed by atoms with Crippen LogP contribution < -0.4 is 15.4 Å². The van der Waals surface area contributed by atoms with Crippen LogP contribution in [0.5, 0.6) is 5.75 Å². The number of hydrogen-bond acceptors (Lipinski definition) is 6. The normalized spacial score (nSPS) is 10.6. The fourth-order valence-corrected chi connectivity index (χ4v) is 3.61. The first-order valence-electron chi connectivity index (χ1n) is 9.37. The van der Waals surface area contributed by atoms with E-state index in [4.69, 9.17) is 16.3 Å². The van der Waals surface area contributed by atoms with Crippen molar-refractivity contribution < 1.29 is 14.3 Å². The zero-order chi connectivity index (χ0) is 22.4. The zero-order valence-electron chi connectivity index (χ0n) is 17.3. The summed E-state index contributed by atoms with van der Waals surface area (Å²) >= 11 is 7.32. The lowest BCUT2D eigenvalue weighted by atomic mass is 10.2. The average molecular weight is 460 g/mol. The van der Waals surface area contributed by atoms with Gasteiger partial charge in [-0.15, -0.1) is 10.2 Å². The minimum atomic E-state index is -0.216. The number of amides is 2. The van der Waals surface area contributed by atoms with Crippen LogP contribution in [-0.4, -0.2) is 39.4 Å². The lowest BCUT2D eigenvalue weighted by Crippen LogP contribution is -2.17. The Balaban J connectivity index is 1.53. The Kier molecular flexibility index (Phi) is 7.54. The lowest BCUT2D eigenvalue weighted by Gasteiger charge is -2.09. The van der Waals surface area contributed by atoms with Crippen LogP contribution in [0.2, 0.25) is 5.02 Å². The maximum absolute atomic E-state index is 12.3. The van der Waals surface area contributed by atoms with Crippen LogP contribution in [0.4, 0.5) is 11.4 Å². The topological polar surface area (TPSA) is 98.1 Å². The molecule has 1 heterocycles. The summed E-state index contributed by atoms with van der Waals surface area (Å²) in [6.07, 6.45) is 0.0595. The van der Waals surface area contributed by atoms with Gasteiger partial charge in [-0.3, -0.25) is 9.59 Å². The summed E-state index contributed by atoms with van der Waals surface area (Å²) in [5.74, 6) is 0.960. The van der Waals surface area contributed by atoms with Gasteiger partial charge in [0.25, 0.3) is 0 Å². The van der Waals surface area contributed by atoms with Crippen LogP contribution in [-0.2, 0) is 23.1 Å². The van der Waals surface area contributed by atoms with E-state index < -0.39 is 0 Å². The second kappa shape index (κ2) is 10.3. The van der Waals surface area contributed by atoms with E-state index in [9.17, 15) is 9.59 Å². The Morgan fingerprint density at radius 3 is 2.55 bits per heavy atom. The third-order valence-electron chi connectivity index (χ3n) is 4.49. The number of nitrogens with zero attached hydrogens (tertiary/aromatic N) is 3. The van der Waals surface area contributed by atoms with Crippen LogP contribution in [0.1, 0.15) is 11.4 Å². The number of rotatable bonds is 8. The number of aromatic nitrogens is 3. The minimum Gasteiger partial charge on any atom is -0.497 e. The fourth-order valence-electron chi connectivity index (χ4n) is 2.71. The molecule has 0 aliphatic carbocycles. The quantitative estimate of drug-likeness (QED) is 0.498. The molecular weight excluding hydrogens is 438 g/mol. The van der Waals surface area contributed by atoms with Gasteiger partial charge in [-0.2, -0.15) is 0 Å². The monoisotopic (exact) mass is 459 g/mol. The highest BCUT2D eigenvalue weighted by Gasteiger charge is 2.15. The van der Waals surface area contributed by atoms with Crippen molar-refractivity contribution in [2.75, 3.05) is 23.5 Å². The Morgan fingerprint density at radius 1 is 1.10 bits per heavy atom. The van der Waals surface area contributed by atoms with Crippen LogP contribution in [0, 0.1) is 6.92 Å². The van der Waals surface area contributed by atoms with Gasteiger partial charge in [-0.25, -0.2) is 0 Å². The highest BCUT2D eigenvalue weighted by atomic mass is 35.5. The Hall–Kier alpha value is -3.04. The van der Waals surface area contributed by atoms with Crippen molar-refractivity contribution in [3.05, 3.63) is 58.9 Å². The van der Waals surface area contributed by atoms with Crippen molar-refractivity contribution in [2.45, 2.75) is 18.5 Å². The summed E-state index contributed by atoms with van der Waals surface area (Å²) < 4.78 is 6.81. The number of carbonyl (C=O) groups excluding carboxylic acids is 2. The molecule has 0 aliphatic rings. The molecule has 162 valence electrons. The summed E-state index contributed by atoms with van der Waals surface area (Å²) in [6, 6.07) is 12.4. The first kappa shape index (κ1) is 22.6. The number of hydrogen-bond donors (Lipinski definition) is 2. The Morgan fingerprint density at radius 2 is 1.84 bits per heavy atom. The molecular formula is C21H22ClN5O3S. The van der Waals surface area contributed by atoms with Gasteiger partial charge in [0.15, 0.2) is 5.16 Å². The van der Waals surface area contributed by atoms with Gasteiger partial charge >= 0.3 is 0 Å². The predicted molar refractivity (Wildman–Crippen MR) is 122 cm³/mol. The first-order valence-corrected chi connectivity index (χ1v) is 10.7. The fraction of sp³-hybridized carbons (Fsp3) is 0.238. The smallest absolute Gasteiger partial charge is 0.234 e. The summed E-state index contributed by atoms with van der Waals surface area (Å²) in [7, 11) is 3.34. The first-order chi connectivity index (χ1) is 14.9. The van der Waals surface area contributed by atoms with E-state index in [1.165, 1.54) is 11.8 Å². The minimum absolute atomic E-state index is 0.0595. The molecule has 31 heavy (non-hydrogen) atoms. The van der Waals surface area contributed by atoms with Gasteiger partial charge < -0.3 is 19.9 Å². The molecule has 0 fully saturated rings. The third kappa shape index (κ3) is 5.99. The van der Waals surface area contributed by atoms with Crippen LogP contribution >= 0.6 is 23.4 Å². The molecule has 0 unspecified atom stereocenters. The van der Waals surface area contributed by atoms with E-state index in [2.05, 4.69) is 20.8 Å². The van der Waals surface area contributed by atoms with Crippen molar-refractivity contribution in [3.8, 4) is 5.75 Å². The van der Waals surface area contributed by atoms with Crippen LogP contribution in [0.15, 0.2) is 47.6 Å². The Labute approximate surface area is 189 Å². The number of thioether (sulfide) groups is 1. The molecule has 0 radical (unpaired) electrons. The van der Waals surface area contributed by atoms with Crippen LogP contribution in [0.3, 0.4) is 0 Å². The number of halogens is 1. The molecule has 3 aromatic rings. The number of carbonyl (C=O) groups is 2. The summed E-state index contributed by atoms with van der Waals surface area (Å²) in [5, 5.41) is 15.0. The van der Waals surface area contributed by atoms with Gasteiger partial charge in [0.05, 0.1) is 19.3 Å². The number of ether oxygens (including phenoxy) is 1. The standard InChI is InChI=1S/C21H22ClN5O3S/c1-13-16(22)5-4-6-17(13)24-20(29)12-31-21-26-25-18(27(21)2)11-19(28)23-14-7-9-15(30-3)10-8-14/h4-10H,11-12H2,1-3H3,(H,23,28)(H,24,29). The second-order valence-corrected chi connectivity index (χ2v) is 8.01. The van der Waals surface area contributed by atoms with Gasteiger partial charge in [-0.05, 0) is 48.9 Å². The highest BCUT2D eigenvalue weighted by molar-refractivity contribution is 7.99. The SMILES string of the molecule is COc1ccc(NC(=O)Cc2nnc(SCC(=O)Nc3cccc(Cl)c3C)n2C)cc1. The van der Waals surface area contributed by atoms with E-state index >= 15 is 0 Å². The van der Waals surface area contributed by atoms with Gasteiger partial charge in [0.1, 0.15) is 11.6 Å². The van der Waals surface area contributed by atoms with E-state index in [-0.39, 0.29) is 24.0 Å². The molecule has 2 N–H and O–H groups in total. The molecule has 2 amide bonds. The van der Waals surface area contributed by atoms with Crippen molar-refractivity contribution in [2.24, 2.45) is 7.05 Å². The van der Waals surface area contributed by atoms with Crippen molar-refractivity contribution in [3.63, 3.8) is 0 Å². The molecule has 0 atom stereocenters. The number of anilines is 2. The van der Waals surface area contributed by atoms with Gasteiger partial charge in [-0.1, -0.05) is 29.4 Å². The average Bonchev–Trinajstić information content (AvgIpc) is 3.09. The molecule has 2 aromatic carbocycles. The van der Waals surface area contributed by atoms with Gasteiger partial charge in [0, 0.05) is 23.4 Å². The molecule has 0 bridgehead atoms. The summed E-state index contributed by atoms with van der Waals surface area (Å²) in [6.45, 7) is 1.84. The summed E-state index contributed by atoms with van der Waals surface area (Å²) in [5.41, 5.74) is 2.15. The maximum atomic E-state index is 12.3. The molecule has 10 heteroatoms. The molecule has 0 saturated carbocycles. The number of nitrogens with one attached hydrogen (secondary N) is 2. The molecule has 8 nitrogen and oxygen atoms in total. The Bertz CT molecular complexity index is 1090. The second-order valence-electron chi connectivity index (χ2n) is 6.66. The van der Waals surface area contributed by atoms with E-state index in [1.807, 2.05) is 6.92 Å². The van der Waals surface area contributed by atoms with Crippen molar-refractivity contribution in [1.82, 2.24) is 14.8 Å². The van der Waals surface area contributed by atoms with Crippen LogP contribution in [0.25, 0.3) is 0 Å². The number of methoxy groups -OCH3 is 1. The maximum Gasteiger partial charge on any atom is 0.234 e. The predicted octanol–water partition coefficient (Wildman–Crippen LogP) is 3.70. The van der Waals surface area contributed by atoms with Gasteiger partial charge in [0.2, 0.25) is 11.8 Å². The molecule has 0 saturated heterocycles. The zero-order valence-corrected chi connectivity index (χ0v) is 18.9. The summed E-state index contributed by atoms with van der Waals surface area (Å²) in [4.78, 5) is 24.6. The van der Waals surface area contributed by atoms with Crippen molar-refractivity contribution in [1.29, 1.82) is 0 Å². The molecule has 0 aliphatic heterocycles. The third-order valence-corrected chi connectivity index (χ3v) is 5.92. The largest absolute Gasteiger partial charge is 0.497 e. The van der Waals surface area contributed by atoms with Crippen molar-refractivity contribution >= 4 is 46.6 Å². The van der Waals surface area contributed by atoms with E-state index in [0.29, 0.717) is 33.1 Å². The van der Waals surface area contributed by atoms with E-state index in [1.54, 1.807) is 61.2 Å². The molecule has 3 rings (SSSR count). The number of benzene rings is 2. The highest BCUT2D eigenvalue weighted by Crippen LogP contribution is 2.24. The molecule has 0 spiro atoms. The van der Waals surface area contributed by atoms with E-state index in [0.717, 1.165) is 5.56 Å². The molecule has 1 aromatic heterocycles. The lowest BCUT2D eigenvalue weighted by molar-refractivity contribution is -0.116.